The Morgan fingerprint density at radius 2 is 0.600 bits per heavy atom. The van der Waals surface area contributed by atoms with Crippen LogP contribution in [-0.4, -0.2) is 0 Å². The van der Waals surface area contributed by atoms with Gasteiger partial charge in [0.2, 0.25) is 0 Å². The van der Waals surface area contributed by atoms with Crippen molar-refractivity contribution in [3.63, 3.8) is 0 Å². The quantitative estimate of drug-likeness (QED) is 0.237. The molecule has 5 heteroatoms. The van der Waals surface area contributed by atoms with Crippen LogP contribution >= 0.6 is 0 Å². The monoisotopic (exact) mass is 484 g/mol. The maximum absolute atomic E-state index is 0. The average molecular weight is 485 g/mol. The molecule has 0 aliphatic heterocycles. The zero-order valence-corrected chi connectivity index (χ0v) is 15.4. The smallest absolute Gasteiger partial charge is 1.00 e. The minimum atomic E-state index is 0. The van der Waals surface area contributed by atoms with E-state index in [1.54, 1.807) is 0 Å². The van der Waals surface area contributed by atoms with Crippen LogP contribution in [0.25, 0.3) is 0 Å². The summed E-state index contributed by atoms with van der Waals surface area (Å²) in [6.45, 7) is 0. The molecule has 0 atom stereocenters. The van der Waals surface area contributed by atoms with Crippen LogP contribution in [0.1, 0.15) is 0 Å². The zero-order chi connectivity index (χ0) is 0. The molecule has 0 unspecified atom stereocenters. The Kier molecular flexibility index (Phi) is 161. The summed E-state index contributed by atoms with van der Waals surface area (Å²) in [5.41, 5.74) is 0. The fraction of sp³-hybridized carbons (Fsp3) is 0. The van der Waals surface area contributed by atoms with Crippen molar-refractivity contribution in [2.75, 3.05) is 0 Å². The molecule has 0 spiro atoms. The van der Waals surface area contributed by atoms with E-state index in [4.69, 9.17) is 0 Å². The van der Waals surface area contributed by atoms with Gasteiger partial charge in [-0.2, -0.15) is 0 Å². The van der Waals surface area contributed by atoms with Crippen molar-refractivity contribution >= 4 is 0 Å². The molecule has 0 aromatic heterocycles. The fourth-order valence-corrected chi connectivity index (χ4v) is 0. The number of halogens is 3. The van der Waals surface area contributed by atoms with Crippen molar-refractivity contribution < 1.29 is 143 Å². The van der Waals surface area contributed by atoms with Gasteiger partial charge in [0.1, 0.15) is 0 Å². The van der Waals surface area contributed by atoms with Crippen LogP contribution in [0.2, 0.25) is 0 Å². The first-order valence-corrected chi connectivity index (χ1v) is 0. The van der Waals surface area contributed by atoms with E-state index in [0.29, 0.717) is 0 Å². The van der Waals surface area contributed by atoms with Crippen molar-refractivity contribution in [3.8, 4) is 0 Å². The predicted molar refractivity (Wildman–Crippen MR) is 0 cm³/mol. The van der Waals surface area contributed by atoms with Gasteiger partial charge >= 0.3 is 70.9 Å². The Balaban J connectivity index is 0. The summed E-state index contributed by atoms with van der Waals surface area (Å²) < 4.78 is 0. The molecule has 0 saturated carbocycles. The van der Waals surface area contributed by atoms with Crippen molar-refractivity contribution in [2.45, 2.75) is 0 Å². The van der Waals surface area contributed by atoms with Crippen LogP contribution in [0.3, 0.4) is 0 Å². The molecule has 0 aromatic carbocycles. The zero-order valence-electron chi connectivity index (χ0n) is 2.84. The second kappa shape index (κ2) is 23.7. The van der Waals surface area contributed by atoms with E-state index in [2.05, 4.69) is 0 Å². The fourth-order valence-electron chi connectivity index (χ4n) is 0. The van der Waals surface area contributed by atoms with Gasteiger partial charge in [0.15, 0.2) is 0 Å². The molecule has 0 aliphatic carbocycles. The van der Waals surface area contributed by atoms with Gasteiger partial charge < -0.3 is 71.9 Å². The summed E-state index contributed by atoms with van der Waals surface area (Å²) in [5.74, 6) is 0. The van der Waals surface area contributed by atoms with Crippen molar-refractivity contribution in [1.29, 1.82) is 0 Å². The van der Waals surface area contributed by atoms with E-state index < -0.39 is 0 Å². The Labute approximate surface area is 139 Å². The molecule has 0 radical (unpaired) electrons. The Bertz CT molecular complexity index is 6.85. The van der Waals surface area contributed by atoms with Crippen molar-refractivity contribution in [2.24, 2.45) is 0 Å². The maximum Gasteiger partial charge on any atom is 2.00 e. The van der Waals surface area contributed by atoms with E-state index >= 15 is 0 Å². The first kappa shape index (κ1) is 34.1. The SMILES string of the molecule is [I-].[I-].[I-].[K+].[Zn+2]. The first-order valence-electron chi connectivity index (χ1n) is 0. The third kappa shape index (κ3) is 17.8. The molecule has 0 N–H and O–H groups in total. The first-order chi connectivity index (χ1) is 0. The summed E-state index contributed by atoms with van der Waals surface area (Å²) >= 11 is 0. The third-order valence-electron chi connectivity index (χ3n) is 0. The largest absolute Gasteiger partial charge is 2.00 e. The Morgan fingerprint density at radius 3 is 0.600 bits per heavy atom. The minimum absolute atomic E-state index is 0. The van der Waals surface area contributed by atoms with E-state index in [1.165, 1.54) is 0 Å². The summed E-state index contributed by atoms with van der Waals surface area (Å²) in [5, 5.41) is 0. The molecule has 0 heterocycles. The van der Waals surface area contributed by atoms with Gasteiger partial charge in [0.05, 0.1) is 0 Å². The van der Waals surface area contributed by atoms with Crippen LogP contribution in [0.5, 0.6) is 0 Å². The van der Waals surface area contributed by atoms with Crippen LogP contribution in [0.15, 0.2) is 0 Å². The van der Waals surface area contributed by atoms with Gasteiger partial charge in [-0.15, -0.1) is 0 Å². The second-order valence-corrected chi connectivity index (χ2v) is 0. The van der Waals surface area contributed by atoms with E-state index in [1.807, 2.05) is 0 Å². The molecule has 0 rings (SSSR count). The third-order valence-corrected chi connectivity index (χ3v) is 0. The van der Waals surface area contributed by atoms with E-state index in [9.17, 15) is 0 Å². The van der Waals surface area contributed by atoms with E-state index in [0.717, 1.165) is 0 Å². The molecule has 0 nitrogen and oxygen atoms in total. The summed E-state index contributed by atoms with van der Waals surface area (Å²) in [6, 6.07) is 0. The summed E-state index contributed by atoms with van der Waals surface area (Å²) in [6.07, 6.45) is 0. The summed E-state index contributed by atoms with van der Waals surface area (Å²) in [7, 11) is 0. The molecule has 24 valence electrons. The van der Waals surface area contributed by atoms with E-state index in [-0.39, 0.29) is 143 Å². The molecule has 0 fully saturated rings. The van der Waals surface area contributed by atoms with Gasteiger partial charge in [0.25, 0.3) is 0 Å². The van der Waals surface area contributed by atoms with Crippen LogP contribution < -0.4 is 123 Å². The van der Waals surface area contributed by atoms with Gasteiger partial charge in [0, 0.05) is 0 Å². The molecule has 0 aliphatic rings. The second-order valence-electron chi connectivity index (χ2n) is 0. The number of rotatable bonds is 0. The number of hydrogen-bond acceptors (Lipinski definition) is 0. The minimum Gasteiger partial charge on any atom is -1.00 e. The maximum atomic E-state index is 0. The average Bonchev–Trinajstić information content (AvgIpc) is 0. The molecular weight excluding hydrogens is 485 g/mol. The topological polar surface area (TPSA) is 0 Å². The molecule has 5 heavy (non-hydrogen) atoms. The molecular formula is I3KZn. The number of hydrogen-bond donors (Lipinski definition) is 0. The standard InChI is InChI=1S/3HI.K.Zn/h3*1H;;/q;;;+1;+2/p-3. The van der Waals surface area contributed by atoms with Crippen molar-refractivity contribution in [1.82, 2.24) is 0 Å². The normalized spacial score (nSPS) is 0. The molecule has 0 saturated heterocycles. The van der Waals surface area contributed by atoms with Gasteiger partial charge in [-0.1, -0.05) is 0 Å². The van der Waals surface area contributed by atoms with Crippen LogP contribution in [0.4, 0.5) is 0 Å². The van der Waals surface area contributed by atoms with Gasteiger partial charge in [-0.3, -0.25) is 0 Å². The van der Waals surface area contributed by atoms with Crippen LogP contribution in [-0.2, 0) is 19.5 Å². The van der Waals surface area contributed by atoms with Crippen molar-refractivity contribution in [3.05, 3.63) is 0 Å². The molecule has 0 amide bonds. The predicted octanol–water partition coefficient (Wildman–Crippen LogP) is -12.0. The van der Waals surface area contributed by atoms with Crippen LogP contribution in [0, 0.1) is 0 Å². The Hall–Kier alpha value is 4.45. The van der Waals surface area contributed by atoms with Gasteiger partial charge in [-0.25, -0.2) is 0 Å². The van der Waals surface area contributed by atoms with Gasteiger partial charge in [-0.05, 0) is 0 Å². The Morgan fingerprint density at radius 1 is 0.600 bits per heavy atom. The molecule has 0 bridgehead atoms. The molecule has 0 aromatic rings. The summed E-state index contributed by atoms with van der Waals surface area (Å²) in [4.78, 5) is 0.